The molecule has 1 aromatic rings. The van der Waals surface area contributed by atoms with Crippen LogP contribution in [0.3, 0.4) is 0 Å². The molecular weight excluding hydrogens is 268 g/mol. The first-order valence-electron chi connectivity index (χ1n) is 7.39. The number of hydrogen-bond donors (Lipinski definition) is 1. The van der Waals surface area contributed by atoms with E-state index in [-0.39, 0.29) is 11.6 Å². The highest BCUT2D eigenvalue weighted by atomic mass is 16.4. The molecule has 1 heterocycles. The van der Waals surface area contributed by atoms with Crippen molar-refractivity contribution in [2.75, 3.05) is 20.1 Å². The lowest BCUT2D eigenvalue weighted by molar-refractivity contribution is 0.0696. The van der Waals surface area contributed by atoms with Crippen molar-refractivity contribution in [3.63, 3.8) is 0 Å². The van der Waals surface area contributed by atoms with Crippen LogP contribution in [0.4, 0.5) is 4.79 Å². The number of fused-ring (bicyclic) bond motifs is 1. The van der Waals surface area contributed by atoms with Crippen molar-refractivity contribution in [3.8, 4) is 0 Å². The molecule has 0 atom stereocenters. The highest BCUT2D eigenvalue weighted by molar-refractivity contribution is 5.88. The van der Waals surface area contributed by atoms with Crippen LogP contribution in [0, 0.1) is 5.92 Å². The summed E-state index contributed by atoms with van der Waals surface area (Å²) in [6, 6.07) is 5.25. The molecule has 21 heavy (non-hydrogen) atoms. The zero-order valence-corrected chi connectivity index (χ0v) is 12.2. The molecule has 2 aliphatic rings. The van der Waals surface area contributed by atoms with Crippen LogP contribution in [0.15, 0.2) is 18.2 Å². The Labute approximate surface area is 124 Å². The summed E-state index contributed by atoms with van der Waals surface area (Å²) in [7, 11) is 1.85. The summed E-state index contributed by atoms with van der Waals surface area (Å²) in [6.45, 7) is 2.04. The Hall–Kier alpha value is -2.04. The lowest BCUT2D eigenvalue weighted by Gasteiger charge is -2.32. The van der Waals surface area contributed by atoms with Gasteiger partial charge in [0.15, 0.2) is 0 Å². The second-order valence-electron chi connectivity index (χ2n) is 6.07. The number of carbonyl (C=O) groups excluding carboxylic acids is 1. The summed E-state index contributed by atoms with van der Waals surface area (Å²) in [4.78, 5) is 27.1. The van der Waals surface area contributed by atoms with E-state index < -0.39 is 5.97 Å². The van der Waals surface area contributed by atoms with Crippen LogP contribution in [0.2, 0.25) is 0 Å². The maximum Gasteiger partial charge on any atom is 0.335 e. The number of carboxylic acids is 1. The largest absolute Gasteiger partial charge is 0.478 e. The maximum absolute atomic E-state index is 12.4. The van der Waals surface area contributed by atoms with Gasteiger partial charge in [0.1, 0.15) is 0 Å². The van der Waals surface area contributed by atoms with Crippen LogP contribution >= 0.6 is 0 Å². The van der Waals surface area contributed by atoms with E-state index in [2.05, 4.69) is 0 Å². The first kappa shape index (κ1) is 13.9. The van der Waals surface area contributed by atoms with Crippen molar-refractivity contribution in [2.45, 2.75) is 25.8 Å². The predicted molar refractivity (Wildman–Crippen MR) is 78.3 cm³/mol. The van der Waals surface area contributed by atoms with Gasteiger partial charge in [-0.2, -0.15) is 0 Å². The van der Waals surface area contributed by atoms with E-state index in [1.165, 1.54) is 12.8 Å². The molecule has 3 rings (SSSR count). The number of aromatic carboxylic acids is 1. The van der Waals surface area contributed by atoms with Crippen LogP contribution in [0.5, 0.6) is 0 Å². The second kappa shape index (κ2) is 5.39. The van der Waals surface area contributed by atoms with Gasteiger partial charge in [0.2, 0.25) is 0 Å². The molecule has 5 heteroatoms. The van der Waals surface area contributed by atoms with Gasteiger partial charge in [0.05, 0.1) is 5.56 Å². The van der Waals surface area contributed by atoms with E-state index in [9.17, 15) is 9.59 Å². The second-order valence-corrected chi connectivity index (χ2v) is 6.07. The van der Waals surface area contributed by atoms with E-state index >= 15 is 0 Å². The molecule has 0 unspecified atom stereocenters. The average Bonchev–Trinajstić information content (AvgIpc) is 3.29. The van der Waals surface area contributed by atoms with E-state index in [0.29, 0.717) is 19.0 Å². The zero-order chi connectivity index (χ0) is 15.0. The molecule has 0 saturated heterocycles. The molecule has 0 aromatic heterocycles. The minimum atomic E-state index is -0.924. The number of urea groups is 1. The quantitative estimate of drug-likeness (QED) is 0.927. The fourth-order valence-corrected chi connectivity index (χ4v) is 2.86. The van der Waals surface area contributed by atoms with E-state index in [1.54, 1.807) is 17.0 Å². The Morgan fingerprint density at radius 1 is 1.33 bits per heavy atom. The zero-order valence-electron chi connectivity index (χ0n) is 12.2. The summed E-state index contributed by atoms with van der Waals surface area (Å²) in [6.07, 6.45) is 3.24. The molecule has 1 aromatic carbocycles. The molecule has 1 fully saturated rings. The van der Waals surface area contributed by atoms with Crippen molar-refractivity contribution in [1.82, 2.24) is 9.80 Å². The Morgan fingerprint density at radius 3 is 2.76 bits per heavy atom. The number of carbonyl (C=O) groups is 2. The third-order valence-electron chi connectivity index (χ3n) is 4.29. The van der Waals surface area contributed by atoms with Crippen molar-refractivity contribution in [3.05, 3.63) is 34.9 Å². The summed E-state index contributed by atoms with van der Waals surface area (Å²) in [5.41, 5.74) is 2.39. The normalized spacial score (nSPS) is 17.3. The first-order valence-corrected chi connectivity index (χ1v) is 7.39. The molecule has 1 N–H and O–H groups in total. The molecule has 0 bridgehead atoms. The van der Waals surface area contributed by atoms with E-state index in [4.69, 9.17) is 5.11 Å². The number of nitrogens with zero attached hydrogens (tertiary/aromatic N) is 2. The molecule has 5 nitrogen and oxygen atoms in total. The molecular formula is C16H20N2O3. The third kappa shape index (κ3) is 3.01. The molecule has 1 aliphatic heterocycles. The topological polar surface area (TPSA) is 60.9 Å². The van der Waals surface area contributed by atoms with E-state index in [1.807, 2.05) is 18.0 Å². The van der Waals surface area contributed by atoms with Gasteiger partial charge in [-0.25, -0.2) is 9.59 Å². The molecule has 0 spiro atoms. The third-order valence-corrected chi connectivity index (χ3v) is 4.29. The minimum Gasteiger partial charge on any atom is -0.478 e. The molecule has 1 saturated carbocycles. The fraction of sp³-hybridized carbons (Fsp3) is 0.500. The van der Waals surface area contributed by atoms with Crippen LogP contribution in [-0.2, 0) is 13.0 Å². The molecule has 2 amide bonds. The monoisotopic (exact) mass is 288 g/mol. The lowest BCUT2D eigenvalue weighted by Crippen LogP contribution is -2.44. The number of carboxylic acid groups (broad SMARTS) is 1. The summed E-state index contributed by atoms with van der Waals surface area (Å²) >= 11 is 0. The SMILES string of the molecule is CN(CC1CC1)C(=O)N1CCc2ccc(C(=O)O)cc2C1. The van der Waals surface area contributed by atoms with Crippen molar-refractivity contribution < 1.29 is 14.7 Å². The van der Waals surface area contributed by atoms with E-state index in [0.717, 1.165) is 24.1 Å². The molecule has 112 valence electrons. The Balaban J connectivity index is 1.71. The summed E-state index contributed by atoms with van der Waals surface area (Å²) in [5.74, 6) is -0.248. The first-order chi connectivity index (χ1) is 10.0. The number of benzene rings is 1. The maximum atomic E-state index is 12.4. The Bertz CT molecular complexity index is 581. The van der Waals surface area contributed by atoms with Gasteiger partial charge < -0.3 is 14.9 Å². The van der Waals surface area contributed by atoms with Gasteiger partial charge >= 0.3 is 12.0 Å². The van der Waals surface area contributed by atoms with Crippen molar-refractivity contribution in [2.24, 2.45) is 5.92 Å². The average molecular weight is 288 g/mol. The summed E-state index contributed by atoms with van der Waals surface area (Å²) < 4.78 is 0. The van der Waals surface area contributed by atoms with Gasteiger partial charge in [-0.3, -0.25) is 0 Å². The molecule has 1 aliphatic carbocycles. The highest BCUT2D eigenvalue weighted by Gasteiger charge is 2.28. The Morgan fingerprint density at radius 2 is 2.10 bits per heavy atom. The standard InChI is InChI=1S/C16H20N2O3/c1-17(9-11-2-3-11)16(21)18-7-6-12-4-5-13(15(19)20)8-14(12)10-18/h4-5,8,11H,2-3,6-7,9-10H2,1H3,(H,19,20). The molecule has 0 radical (unpaired) electrons. The lowest BCUT2D eigenvalue weighted by atomic mass is 9.97. The van der Waals surface area contributed by atoms with Gasteiger partial charge in [-0.15, -0.1) is 0 Å². The number of rotatable bonds is 3. The van der Waals surface area contributed by atoms with Gasteiger partial charge in [0, 0.05) is 26.7 Å². The smallest absolute Gasteiger partial charge is 0.335 e. The van der Waals surface area contributed by atoms with Gasteiger partial charge in [-0.1, -0.05) is 6.07 Å². The van der Waals surface area contributed by atoms with Gasteiger partial charge in [-0.05, 0) is 48.4 Å². The number of amides is 2. The Kier molecular flexibility index (Phi) is 3.57. The minimum absolute atomic E-state index is 0.0493. The van der Waals surface area contributed by atoms with Gasteiger partial charge in [0.25, 0.3) is 0 Å². The summed E-state index contributed by atoms with van der Waals surface area (Å²) in [5, 5.41) is 9.07. The number of hydrogen-bond acceptors (Lipinski definition) is 2. The van der Waals surface area contributed by atoms with Crippen LogP contribution in [0.25, 0.3) is 0 Å². The predicted octanol–water partition coefficient (Wildman–Crippen LogP) is 2.20. The highest BCUT2D eigenvalue weighted by Crippen LogP contribution is 2.30. The van der Waals surface area contributed by atoms with Crippen LogP contribution < -0.4 is 0 Å². The fourth-order valence-electron chi connectivity index (χ4n) is 2.86. The van der Waals surface area contributed by atoms with Crippen molar-refractivity contribution in [1.29, 1.82) is 0 Å². The van der Waals surface area contributed by atoms with Crippen LogP contribution in [0.1, 0.15) is 34.3 Å². The van der Waals surface area contributed by atoms with Crippen molar-refractivity contribution >= 4 is 12.0 Å². The van der Waals surface area contributed by atoms with Crippen LogP contribution in [-0.4, -0.2) is 47.0 Å².